The Bertz CT molecular complexity index is 354. The molecule has 2 nitrogen and oxygen atoms in total. The quantitative estimate of drug-likeness (QED) is 0.746. The maximum Gasteiger partial charge on any atom is 0.181 e. The van der Waals surface area contributed by atoms with Gasteiger partial charge in [-0.2, -0.15) is 0 Å². The molecule has 0 amide bonds. The van der Waals surface area contributed by atoms with Crippen LogP contribution in [0.5, 0.6) is 0 Å². The van der Waals surface area contributed by atoms with Gasteiger partial charge < -0.3 is 5.11 Å². The molecule has 2 heteroatoms. The van der Waals surface area contributed by atoms with Crippen molar-refractivity contribution in [3.8, 4) is 0 Å². The van der Waals surface area contributed by atoms with Gasteiger partial charge in [0.05, 0.1) is 0 Å². The summed E-state index contributed by atoms with van der Waals surface area (Å²) >= 11 is 0. The van der Waals surface area contributed by atoms with Crippen LogP contribution in [-0.2, 0) is 6.54 Å². The molecule has 0 aromatic heterocycles. The Kier molecular flexibility index (Phi) is 3.17. The lowest BCUT2D eigenvalue weighted by Crippen LogP contribution is -2.24. The third-order valence-electron chi connectivity index (χ3n) is 2.97. The number of hydrogen-bond donors (Lipinski definition) is 1. The first-order valence-electron chi connectivity index (χ1n) is 5.60. The van der Waals surface area contributed by atoms with Crippen LogP contribution in [0.2, 0.25) is 0 Å². The Morgan fingerprint density at radius 1 is 1.33 bits per heavy atom. The Morgan fingerprint density at radius 2 is 2.07 bits per heavy atom. The van der Waals surface area contributed by atoms with E-state index in [0.717, 1.165) is 19.5 Å². The molecule has 1 N–H and O–H groups in total. The summed E-state index contributed by atoms with van der Waals surface area (Å²) in [6, 6.07) is 10.4. The minimum atomic E-state index is -0.295. The second-order valence-electron chi connectivity index (χ2n) is 4.18. The average molecular weight is 204 g/mol. The fourth-order valence-electron chi connectivity index (χ4n) is 2.21. The molecule has 15 heavy (non-hydrogen) atoms. The number of benzene rings is 1. The van der Waals surface area contributed by atoms with Crippen LogP contribution >= 0.6 is 0 Å². The van der Waals surface area contributed by atoms with Crippen LogP contribution in [0.4, 0.5) is 0 Å². The van der Waals surface area contributed by atoms with Crippen molar-refractivity contribution >= 4 is 5.71 Å². The van der Waals surface area contributed by atoms with Crippen LogP contribution in [0.25, 0.3) is 0 Å². The van der Waals surface area contributed by atoms with Gasteiger partial charge in [0, 0.05) is 18.4 Å². The van der Waals surface area contributed by atoms with E-state index in [1.807, 2.05) is 13.0 Å². The molecule has 0 saturated heterocycles. The van der Waals surface area contributed by atoms with Gasteiger partial charge in [0.15, 0.2) is 12.3 Å². The summed E-state index contributed by atoms with van der Waals surface area (Å²) in [5, 5.41) is 9.62. The van der Waals surface area contributed by atoms with E-state index in [4.69, 9.17) is 0 Å². The smallest absolute Gasteiger partial charge is 0.181 e. The molecule has 1 aliphatic heterocycles. The summed E-state index contributed by atoms with van der Waals surface area (Å²) < 4.78 is 2.31. The zero-order valence-electron chi connectivity index (χ0n) is 9.19. The topological polar surface area (TPSA) is 23.2 Å². The summed E-state index contributed by atoms with van der Waals surface area (Å²) in [4.78, 5) is 0. The molecule has 80 valence electrons. The maximum atomic E-state index is 9.62. The fraction of sp³-hybridized carbons (Fsp3) is 0.462. The summed E-state index contributed by atoms with van der Waals surface area (Å²) in [6.45, 7) is 3.87. The first-order chi connectivity index (χ1) is 7.27. The second-order valence-corrected chi connectivity index (χ2v) is 4.18. The van der Waals surface area contributed by atoms with Crippen molar-refractivity contribution in [1.29, 1.82) is 0 Å². The van der Waals surface area contributed by atoms with Gasteiger partial charge in [0.2, 0.25) is 0 Å². The zero-order valence-corrected chi connectivity index (χ0v) is 9.19. The SMILES string of the molecule is CC(O)C1=[N+](Cc2ccccc2)CCC1. The van der Waals surface area contributed by atoms with Crippen molar-refractivity contribution in [3.63, 3.8) is 0 Å². The molecule has 0 bridgehead atoms. The summed E-state index contributed by atoms with van der Waals surface area (Å²) in [5.41, 5.74) is 2.51. The molecule has 0 saturated carbocycles. The van der Waals surface area contributed by atoms with E-state index in [1.54, 1.807) is 0 Å². The summed E-state index contributed by atoms with van der Waals surface area (Å²) in [7, 11) is 0. The fourth-order valence-corrected chi connectivity index (χ4v) is 2.21. The standard InChI is InChI=1S/C13H18NO/c1-11(15)13-8-5-9-14(13)10-12-6-3-2-4-7-12/h2-4,6-7,11,15H,5,8-10H2,1H3/q+1. The molecule has 0 spiro atoms. The third-order valence-corrected chi connectivity index (χ3v) is 2.97. The van der Waals surface area contributed by atoms with Crippen LogP contribution in [0, 0.1) is 0 Å². The van der Waals surface area contributed by atoms with Gasteiger partial charge in [0.25, 0.3) is 0 Å². The lowest BCUT2D eigenvalue weighted by molar-refractivity contribution is -0.538. The Morgan fingerprint density at radius 3 is 2.73 bits per heavy atom. The molecule has 0 fully saturated rings. The van der Waals surface area contributed by atoms with Gasteiger partial charge in [0.1, 0.15) is 12.6 Å². The van der Waals surface area contributed by atoms with E-state index in [9.17, 15) is 5.11 Å². The third kappa shape index (κ3) is 2.45. The zero-order chi connectivity index (χ0) is 10.7. The number of aliphatic hydroxyl groups is 1. The van der Waals surface area contributed by atoms with E-state index in [-0.39, 0.29) is 6.10 Å². The Balaban J connectivity index is 2.15. The highest BCUT2D eigenvalue weighted by Gasteiger charge is 2.25. The van der Waals surface area contributed by atoms with E-state index >= 15 is 0 Å². The van der Waals surface area contributed by atoms with Gasteiger partial charge in [-0.1, -0.05) is 30.3 Å². The van der Waals surface area contributed by atoms with Gasteiger partial charge >= 0.3 is 0 Å². The molecule has 1 unspecified atom stereocenters. The molecular formula is C13H18NO+. The van der Waals surface area contributed by atoms with Gasteiger partial charge in [-0.05, 0) is 6.92 Å². The first kappa shape index (κ1) is 10.4. The van der Waals surface area contributed by atoms with Crippen LogP contribution in [0.15, 0.2) is 30.3 Å². The molecule has 1 heterocycles. The molecule has 1 atom stereocenters. The van der Waals surface area contributed by atoms with Crippen molar-refractivity contribution in [2.24, 2.45) is 0 Å². The number of nitrogens with zero attached hydrogens (tertiary/aromatic N) is 1. The summed E-state index contributed by atoms with van der Waals surface area (Å²) in [5.74, 6) is 0. The Hall–Kier alpha value is -1.15. The lowest BCUT2D eigenvalue weighted by atomic mass is 10.2. The number of aliphatic hydroxyl groups excluding tert-OH is 1. The predicted molar refractivity (Wildman–Crippen MR) is 61.2 cm³/mol. The molecule has 0 aliphatic carbocycles. The highest BCUT2D eigenvalue weighted by Crippen LogP contribution is 2.11. The molecule has 1 aliphatic rings. The molecule has 2 rings (SSSR count). The van der Waals surface area contributed by atoms with Crippen LogP contribution in [0.1, 0.15) is 25.3 Å². The van der Waals surface area contributed by atoms with Crippen molar-refractivity contribution in [2.45, 2.75) is 32.4 Å². The van der Waals surface area contributed by atoms with Crippen LogP contribution < -0.4 is 0 Å². The van der Waals surface area contributed by atoms with Crippen molar-refractivity contribution in [3.05, 3.63) is 35.9 Å². The first-order valence-corrected chi connectivity index (χ1v) is 5.60. The average Bonchev–Trinajstić information content (AvgIpc) is 2.67. The van der Waals surface area contributed by atoms with E-state index in [0.29, 0.717) is 0 Å². The number of hydrogen-bond acceptors (Lipinski definition) is 1. The largest absolute Gasteiger partial charge is 0.383 e. The highest BCUT2D eigenvalue weighted by molar-refractivity contribution is 5.84. The lowest BCUT2D eigenvalue weighted by Gasteiger charge is -2.04. The minimum Gasteiger partial charge on any atom is -0.383 e. The van der Waals surface area contributed by atoms with E-state index in [2.05, 4.69) is 28.8 Å². The predicted octanol–water partition coefficient (Wildman–Crippen LogP) is 1.81. The van der Waals surface area contributed by atoms with Crippen molar-refractivity contribution in [2.75, 3.05) is 6.54 Å². The molecule has 1 aromatic carbocycles. The van der Waals surface area contributed by atoms with E-state index in [1.165, 1.54) is 17.7 Å². The van der Waals surface area contributed by atoms with Gasteiger partial charge in [-0.25, -0.2) is 4.58 Å². The van der Waals surface area contributed by atoms with Crippen LogP contribution in [0.3, 0.4) is 0 Å². The highest BCUT2D eigenvalue weighted by atomic mass is 16.3. The summed E-state index contributed by atoms with van der Waals surface area (Å²) in [6.07, 6.45) is 1.92. The van der Waals surface area contributed by atoms with Crippen molar-refractivity contribution < 1.29 is 9.68 Å². The Labute approximate surface area is 90.9 Å². The number of rotatable bonds is 3. The van der Waals surface area contributed by atoms with Crippen molar-refractivity contribution in [1.82, 2.24) is 0 Å². The maximum absolute atomic E-state index is 9.62. The monoisotopic (exact) mass is 204 g/mol. The van der Waals surface area contributed by atoms with E-state index < -0.39 is 0 Å². The van der Waals surface area contributed by atoms with Crippen LogP contribution in [-0.4, -0.2) is 28.0 Å². The second kappa shape index (κ2) is 4.58. The molecular weight excluding hydrogens is 186 g/mol. The molecule has 1 aromatic rings. The normalized spacial score (nSPS) is 18.3. The molecule has 0 radical (unpaired) electrons. The van der Waals surface area contributed by atoms with Gasteiger partial charge in [-0.15, -0.1) is 0 Å². The minimum absolute atomic E-state index is 0.295. The van der Waals surface area contributed by atoms with Gasteiger partial charge in [-0.3, -0.25) is 0 Å².